The summed E-state index contributed by atoms with van der Waals surface area (Å²) in [4.78, 5) is 10.3. The second kappa shape index (κ2) is 16.5. The number of carboxylic acids is 1. The maximum atomic E-state index is 10.3. The summed E-state index contributed by atoms with van der Waals surface area (Å²) in [5, 5.41) is 18.1. The predicted octanol–water partition coefficient (Wildman–Crippen LogP) is 4.96. The topological polar surface area (TPSA) is 57.5 Å². The fraction of sp³-hybridized carbons (Fsp3) is 0.450. The molecular weight excluding hydrogens is 288 g/mol. The van der Waals surface area contributed by atoms with Crippen LogP contribution >= 0.6 is 0 Å². The molecule has 1 atom stereocenters. The van der Waals surface area contributed by atoms with E-state index in [0.29, 0.717) is 12.8 Å². The molecule has 3 nitrogen and oxygen atoms in total. The van der Waals surface area contributed by atoms with Gasteiger partial charge in [0.2, 0.25) is 0 Å². The number of allylic oxidation sites excluding steroid dienone is 9. The molecule has 0 heterocycles. The summed E-state index contributed by atoms with van der Waals surface area (Å²) < 4.78 is 0. The predicted molar refractivity (Wildman–Crippen MR) is 97.3 cm³/mol. The van der Waals surface area contributed by atoms with Crippen molar-refractivity contribution in [2.24, 2.45) is 0 Å². The second-order valence-electron chi connectivity index (χ2n) is 5.20. The van der Waals surface area contributed by atoms with Crippen LogP contribution < -0.4 is 0 Å². The number of carboxylic acid groups (broad SMARTS) is 1. The van der Waals surface area contributed by atoms with Gasteiger partial charge in [0.25, 0.3) is 0 Å². The van der Waals surface area contributed by atoms with Crippen LogP contribution in [0.3, 0.4) is 0 Å². The van der Waals surface area contributed by atoms with Gasteiger partial charge in [0.15, 0.2) is 0 Å². The molecule has 0 bridgehead atoms. The zero-order valence-electron chi connectivity index (χ0n) is 14.1. The van der Waals surface area contributed by atoms with Crippen LogP contribution in [-0.4, -0.2) is 22.3 Å². The van der Waals surface area contributed by atoms with Crippen LogP contribution in [0, 0.1) is 0 Å². The lowest BCUT2D eigenvalue weighted by molar-refractivity contribution is -0.137. The van der Waals surface area contributed by atoms with E-state index in [4.69, 9.17) is 5.11 Å². The molecule has 128 valence electrons. The molecule has 0 aromatic carbocycles. The van der Waals surface area contributed by atoms with Gasteiger partial charge in [-0.15, -0.1) is 0 Å². The van der Waals surface area contributed by atoms with Crippen molar-refractivity contribution in [3.8, 4) is 0 Å². The Balaban J connectivity index is 3.65. The number of aliphatic carboxylic acids is 1. The van der Waals surface area contributed by atoms with Crippen molar-refractivity contribution in [3.63, 3.8) is 0 Å². The van der Waals surface area contributed by atoms with E-state index >= 15 is 0 Å². The van der Waals surface area contributed by atoms with Gasteiger partial charge in [-0.05, 0) is 38.5 Å². The van der Waals surface area contributed by atoms with Crippen LogP contribution in [0.25, 0.3) is 0 Å². The minimum Gasteiger partial charge on any atom is -0.481 e. The molecule has 23 heavy (non-hydrogen) atoms. The summed E-state index contributed by atoms with van der Waals surface area (Å²) in [7, 11) is 0. The van der Waals surface area contributed by atoms with E-state index in [1.807, 2.05) is 12.2 Å². The molecule has 0 saturated carbocycles. The van der Waals surface area contributed by atoms with Crippen molar-refractivity contribution in [2.75, 3.05) is 0 Å². The lowest BCUT2D eigenvalue weighted by Crippen LogP contribution is -2.03. The van der Waals surface area contributed by atoms with Crippen molar-refractivity contribution < 1.29 is 15.0 Å². The minimum atomic E-state index is -0.819. The van der Waals surface area contributed by atoms with Crippen molar-refractivity contribution in [2.45, 2.75) is 58.0 Å². The molecule has 0 aliphatic heterocycles. The summed E-state index contributed by atoms with van der Waals surface area (Å²) >= 11 is 0. The average Bonchev–Trinajstić information content (AvgIpc) is 2.51. The van der Waals surface area contributed by atoms with Crippen LogP contribution in [0.5, 0.6) is 0 Å². The average molecular weight is 318 g/mol. The highest BCUT2D eigenvalue weighted by atomic mass is 16.4. The zero-order chi connectivity index (χ0) is 17.2. The number of carbonyl (C=O) groups is 1. The van der Waals surface area contributed by atoms with Crippen LogP contribution in [-0.2, 0) is 4.79 Å². The van der Waals surface area contributed by atoms with Crippen LogP contribution in [0.1, 0.15) is 51.9 Å². The Hall–Kier alpha value is -1.87. The molecule has 2 N–H and O–H groups in total. The molecule has 0 rings (SSSR count). The number of hydrogen-bond acceptors (Lipinski definition) is 2. The van der Waals surface area contributed by atoms with Gasteiger partial charge in [-0.25, -0.2) is 0 Å². The van der Waals surface area contributed by atoms with Gasteiger partial charge in [0.1, 0.15) is 0 Å². The van der Waals surface area contributed by atoms with Crippen LogP contribution in [0.4, 0.5) is 0 Å². The van der Waals surface area contributed by atoms with E-state index in [0.717, 1.165) is 25.7 Å². The molecule has 0 radical (unpaired) electrons. The van der Waals surface area contributed by atoms with Crippen molar-refractivity contribution in [1.82, 2.24) is 0 Å². The molecule has 0 amide bonds. The molecule has 0 fully saturated rings. The summed E-state index contributed by atoms with van der Waals surface area (Å²) in [5.74, 6) is -0.819. The fourth-order valence-corrected chi connectivity index (χ4v) is 1.79. The monoisotopic (exact) mass is 318 g/mol. The van der Waals surface area contributed by atoms with E-state index in [1.165, 1.54) is 0 Å². The molecule has 1 unspecified atom stereocenters. The van der Waals surface area contributed by atoms with Gasteiger partial charge in [-0.3, -0.25) is 4.79 Å². The molecule has 0 aromatic rings. The lowest BCUT2D eigenvalue weighted by atomic mass is 10.1. The highest BCUT2D eigenvalue weighted by Crippen LogP contribution is 2.02. The number of aliphatic hydroxyl groups is 1. The summed E-state index contributed by atoms with van der Waals surface area (Å²) in [6.45, 7) is 2.13. The van der Waals surface area contributed by atoms with Crippen LogP contribution in [0.15, 0.2) is 60.8 Å². The second-order valence-corrected chi connectivity index (χ2v) is 5.20. The third-order valence-corrected chi connectivity index (χ3v) is 3.02. The Morgan fingerprint density at radius 2 is 1.48 bits per heavy atom. The Morgan fingerprint density at radius 1 is 0.913 bits per heavy atom. The first-order chi connectivity index (χ1) is 11.2. The van der Waals surface area contributed by atoms with E-state index in [-0.39, 0.29) is 6.42 Å². The Kier molecular flexibility index (Phi) is 15.2. The van der Waals surface area contributed by atoms with Crippen molar-refractivity contribution >= 4 is 5.97 Å². The first-order valence-electron chi connectivity index (χ1n) is 8.35. The zero-order valence-corrected chi connectivity index (χ0v) is 14.1. The number of aliphatic hydroxyl groups excluding tert-OH is 1. The maximum Gasteiger partial charge on any atom is 0.303 e. The summed E-state index contributed by atoms with van der Waals surface area (Å²) in [6, 6.07) is 0. The van der Waals surface area contributed by atoms with Gasteiger partial charge in [-0.2, -0.15) is 0 Å². The highest BCUT2D eigenvalue weighted by Gasteiger charge is 2.01. The van der Waals surface area contributed by atoms with Crippen molar-refractivity contribution in [1.29, 1.82) is 0 Å². The van der Waals surface area contributed by atoms with Crippen LogP contribution in [0.2, 0.25) is 0 Å². The van der Waals surface area contributed by atoms with E-state index in [9.17, 15) is 9.90 Å². The first kappa shape index (κ1) is 21.1. The van der Waals surface area contributed by atoms with Gasteiger partial charge >= 0.3 is 5.97 Å². The number of rotatable bonds is 13. The Labute approximate surface area is 140 Å². The molecule has 3 heteroatoms. The third kappa shape index (κ3) is 18.1. The van der Waals surface area contributed by atoms with Gasteiger partial charge in [-0.1, -0.05) is 67.7 Å². The number of hydrogen-bond donors (Lipinski definition) is 2. The standard InChI is InChI=1S/C20H30O3/c1-2-3-4-5-6-7-8-9-10-11-12-13-14-16-19(21)17-15-18-20(22)23/h3-4,6-7,9-10,12-14,16,19,21H,2,5,8,11,15,17-18H2,1H3,(H,22,23). The molecule has 0 aromatic heterocycles. The smallest absolute Gasteiger partial charge is 0.303 e. The van der Waals surface area contributed by atoms with E-state index < -0.39 is 12.1 Å². The largest absolute Gasteiger partial charge is 0.481 e. The fourth-order valence-electron chi connectivity index (χ4n) is 1.79. The molecular formula is C20H30O3. The van der Waals surface area contributed by atoms with Gasteiger partial charge < -0.3 is 10.2 Å². The summed E-state index contributed by atoms with van der Waals surface area (Å²) in [5.41, 5.74) is 0. The van der Waals surface area contributed by atoms with Crippen molar-refractivity contribution in [3.05, 3.63) is 60.8 Å². The third-order valence-electron chi connectivity index (χ3n) is 3.02. The molecule has 0 aliphatic carbocycles. The Morgan fingerprint density at radius 3 is 2.04 bits per heavy atom. The quantitative estimate of drug-likeness (QED) is 0.372. The molecule has 0 aliphatic rings. The molecule has 0 saturated heterocycles. The van der Waals surface area contributed by atoms with E-state index in [2.05, 4.69) is 43.4 Å². The minimum absolute atomic E-state index is 0.106. The lowest BCUT2D eigenvalue weighted by Gasteiger charge is -2.02. The Bertz CT molecular complexity index is 428. The molecule has 0 spiro atoms. The first-order valence-corrected chi connectivity index (χ1v) is 8.35. The maximum absolute atomic E-state index is 10.3. The SMILES string of the molecule is CCC=CCC=CCC=CCC=CC=CC(O)CCCC(=O)O. The van der Waals surface area contributed by atoms with Gasteiger partial charge in [0.05, 0.1) is 6.10 Å². The van der Waals surface area contributed by atoms with Gasteiger partial charge in [0, 0.05) is 6.42 Å². The summed E-state index contributed by atoms with van der Waals surface area (Å²) in [6.07, 6.45) is 24.7. The van der Waals surface area contributed by atoms with E-state index in [1.54, 1.807) is 12.2 Å². The highest BCUT2D eigenvalue weighted by molar-refractivity contribution is 5.66. The normalized spacial score (nSPS) is 14.2.